The number of carbonyl (C=O) groups excluding carboxylic acids is 1. The first-order valence-corrected chi connectivity index (χ1v) is 12.0. The monoisotopic (exact) mass is 454 g/mol. The van der Waals surface area contributed by atoms with Crippen LogP contribution in [0.25, 0.3) is 16.3 Å². The largest absolute Gasteiger partial charge is 0.472 e. The normalized spacial score (nSPS) is 17.3. The van der Waals surface area contributed by atoms with E-state index >= 15 is 0 Å². The average molecular weight is 455 g/mol. The fraction of sp³-hybridized carbons (Fsp3) is 0.321. The van der Waals surface area contributed by atoms with Crippen LogP contribution in [0.1, 0.15) is 59.3 Å². The maximum Gasteiger partial charge on any atom is 0.260 e. The van der Waals surface area contributed by atoms with Gasteiger partial charge >= 0.3 is 0 Å². The van der Waals surface area contributed by atoms with Crippen LogP contribution in [-0.4, -0.2) is 41.8 Å². The summed E-state index contributed by atoms with van der Waals surface area (Å²) in [6.45, 7) is 0.337. The molecule has 0 saturated heterocycles. The highest BCUT2D eigenvalue weighted by Gasteiger charge is 2.33. The Hall–Kier alpha value is -3.67. The summed E-state index contributed by atoms with van der Waals surface area (Å²) in [5, 5.41) is 2.09. The van der Waals surface area contributed by atoms with Gasteiger partial charge in [-0.3, -0.25) is 14.8 Å². The number of fused-ring (bicyclic) bond motifs is 3. The highest BCUT2D eigenvalue weighted by molar-refractivity contribution is 6.08. The van der Waals surface area contributed by atoms with Crippen molar-refractivity contribution in [3.05, 3.63) is 77.2 Å². The van der Waals surface area contributed by atoms with Crippen molar-refractivity contribution < 1.29 is 9.53 Å². The summed E-state index contributed by atoms with van der Waals surface area (Å²) < 4.78 is 6.22. The number of carbonyl (C=O) groups is 1. The third kappa shape index (κ3) is 4.16. The smallest absolute Gasteiger partial charge is 0.260 e. The maximum absolute atomic E-state index is 13.6. The number of hydrogen-bond acceptors (Lipinski definition) is 5. The van der Waals surface area contributed by atoms with Gasteiger partial charge in [0.1, 0.15) is 5.75 Å². The van der Waals surface area contributed by atoms with E-state index < -0.39 is 0 Å². The van der Waals surface area contributed by atoms with Crippen molar-refractivity contribution in [2.24, 2.45) is 10.7 Å². The lowest BCUT2D eigenvalue weighted by atomic mass is 9.91. The van der Waals surface area contributed by atoms with Gasteiger partial charge in [-0.05, 0) is 47.9 Å². The molecule has 2 heterocycles. The summed E-state index contributed by atoms with van der Waals surface area (Å²) in [6, 6.07) is 14.5. The summed E-state index contributed by atoms with van der Waals surface area (Å²) in [6.07, 6.45) is 11.5. The Labute approximate surface area is 200 Å². The lowest BCUT2D eigenvalue weighted by molar-refractivity contribution is 0.0324. The molecule has 1 fully saturated rings. The SMILES string of the molecule is CN=CC(=CN)c1ccc(Cc2cc3c(c4ccccc24)OCN(C2CCCCC2)C3=O)cn1. The zero-order chi connectivity index (χ0) is 23.5. The molecule has 3 aromatic rings. The molecule has 34 heavy (non-hydrogen) atoms. The number of benzene rings is 2. The second-order valence-corrected chi connectivity index (χ2v) is 9.04. The van der Waals surface area contributed by atoms with Gasteiger partial charge in [0.15, 0.2) is 6.73 Å². The molecule has 174 valence electrons. The number of hydrogen-bond donors (Lipinski definition) is 1. The number of allylic oxidation sites excluding steroid dienone is 1. The first-order valence-electron chi connectivity index (χ1n) is 12.0. The molecule has 0 spiro atoms. The number of aliphatic imine (C=N–C) groups is 1. The molecule has 1 aliphatic carbocycles. The molecular weight excluding hydrogens is 424 g/mol. The van der Waals surface area contributed by atoms with Crippen molar-refractivity contribution in [1.29, 1.82) is 0 Å². The van der Waals surface area contributed by atoms with Crippen molar-refractivity contribution in [1.82, 2.24) is 9.88 Å². The third-order valence-corrected chi connectivity index (χ3v) is 6.90. The van der Waals surface area contributed by atoms with E-state index in [1.54, 1.807) is 13.3 Å². The molecular formula is C28H30N4O2. The number of pyridine rings is 1. The lowest BCUT2D eigenvalue weighted by Crippen LogP contribution is -2.46. The minimum atomic E-state index is 0.0882. The van der Waals surface area contributed by atoms with Crippen LogP contribution in [0.3, 0.4) is 0 Å². The van der Waals surface area contributed by atoms with Crippen LogP contribution < -0.4 is 10.5 Å². The topological polar surface area (TPSA) is 80.8 Å². The predicted octanol–water partition coefficient (Wildman–Crippen LogP) is 4.95. The molecule has 1 aromatic heterocycles. The number of nitrogens with zero attached hydrogens (tertiary/aromatic N) is 3. The lowest BCUT2D eigenvalue weighted by Gasteiger charge is -2.37. The zero-order valence-electron chi connectivity index (χ0n) is 19.5. The van der Waals surface area contributed by atoms with Crippen LogP contribution in [-0.2, 0) is 6.42 Å². The second-order valence-electron chi connectivity index (χ2n) is 9.04. The highest BCUT2D eigenvalue weighted by Crippen LogP contribution is 2.38. The van der Waals surface area contributed by atoms with Gasteiger partial charge in [-0.25, -0.2) is 0 Å². The summed E-state index contributed by atoms with van der Waals surface area (Å²) in [4.78, 5) is 24.1. The van der Waals surface area contributed by atoms with Crippen LogP contribution in [0.5, 0.6) is 5.75 Å². The zero-order valence-corrected chi connectivity index (χ0v) is 19.5. The Balaban J connectivity index is 1.49. The average Bonchev–Trinajstić information content (AvgIpc) is 2.89. The van der Waals surface area contributed by atoms with Crippen LogP contribution >= 0.6 is 0 Å². The van der Waals surface area contributed by atoms with Gasteiger partial charge in [-0.1, -0.05) is 49.6 Å². The van der Waals surface area contributed by atoms with Crippen LogP contribution in [0.2, 0.25) is 0 Å². The molecule has 2 N–H and O–H groups in total. The molecule has 1 amide bonds. The van der Waals surface area contributed by atoms with E-state index in [2.05, 4.69) is 22.1 Å². The predicted molar refractivity (Wildman–Crippen MR) is 136 cm³/mol. The Bertz CT molecular complexity index is 1260. The summed E-state index contributed by atoms with van der Waals surface area (Å²) in [7, 11) is 1.71. The number of aromatic nitrogens is 1. The molecule has 0 atom stereocenters. The molecule has 2 aliphatic rings. The van der Waals surface area contributed by atoms with E-state index in [1.165, 1.54) is 25.5 Å². The van der Waals surface area contributed by atoms with Crippen LogP contribution in [0.15, 0.2) is 59.9 Å². The molecule has 0 bridgehead atoms. The quantitative estimate of drug-likeness (QED) is 0.553. The minimum absolute atomic E-state index is 0.0882. The van der Waals surface area contributed by atoms with E-state index in [0.29, 0.717) is 24.5 Å². The van der Waals surface area contributed by atoms with Gasteiger partial charge in [-0.2, -0.15) is 0 Å². The summed E-state index contributed by atoms with van der Waals surface area (Å²) in [5.74, 6) is 0.798. The molecule has 0 unspecified atom stereocenters. The minimum Gasteiger partial charge on any atom is -0.472 e. The standard InChI is InChI=1S/C28H30N4O2/c1-30-17-21(15-29)26-12-11-19(16-31-26)13-20-14-25-27(24-10-6-5-9-23(20)24)34-18-32(28(25)33)22-7-3-2-4-8-22/h5-6,9-12,14-17,22H,2-4,7-8,13,18,29H2,1H3. The Kier molecular flexibility index (Phi) is 6.30. The Morgan fingerprint density at radius 1 is 1.18 bits per heavy atom. The van der Waals surface area contributed by atoms with Crippen molar-refractivity contribution in [2.45, 2.75) is 44.6 Å². The van der Waals surface area contributed by atoms with E-state index in [0.717, 1.165) is 46.0 Å². The van der Waals surface area contributed by atoms with Gasteiger partial charge in [-0.15, -0.1) is 0 Å². The van der Waals surface area contributed by atoms with Crippen molar-refractivity contribution in [3.63, 3.8) is 0 Å². The van der Waals surface area contributed by atoms with Gasteiger partial charge in [0.05, 0.1) is 11.3 Å². The summed E-state index contributed by atoms with van der Waals surface area (Å²) in [5.41, 5.74) is 10.1. The fourth-order valence-electron chi connectivity index (χ4n) is 5.15. The first-order chi connectivity index (χ1) is 16.7. The van der Waals surface area contributed by atoms with E-state index in [1.807, 2.05) is 41.4 Å². The van der Waals surface area contributed by atoms with Crippen molar-refractivity contribution >= 4 is 28.5 Å². The number of ether oxygens (including phenoxy) is 1. The number of rotatable bonds is 5. The van der Waals surface area contributed by atoms with Crippen molar-refractivity contribution in [2.75, 3.05) is 13.8 Å². The van der Waals surface area contributed by atoms with Crippen LogP contribution in [0, 0.1) is 0 Å². The number of nitrogens with two attached hydrogens (primary N) is 1. The van der Waals surface area contributed by atoms with Gasteiger partial charge < -0.3 is 15.4 Å². The molecule has 6 heteroatoms. The molecule has 1 saturated carbocycles. The molecule has 5 rings (SSSR count). The van der Waals surface area contributed by atoms with Crippen LogP contribution in [0.4, 0.5) is 0 Å². The molecule has 0 radical (unpaired) electrons. The van der Waals surface area contributed by atoms with E-state index in [-0.39, 0.29) is 11.9 Å². The Morgan fingerprint density at radius 2 is 1.97 bits per heavy atom. The van der Waals surface area contributed by atoms with E-state index in [4.69, 9.17) is 10.5 Å². The van der Waals surface area contributed by atoms with Gasteiger partial charge in [0.2, 0.25) is 0 Å². The fourth-order valence-corrected chi connectivity index (χ4v) is 5.15. The number of amides is 1. The van der Waals surface area contributed by atoms with Gasteiger partial charge in [0, 0.05) is 42.7 Å². The molecule has 2 aromatic carbocycles. The van der Waals surface area contributed by atoms with Gasteiger partial charge in [0.25, 0.3) is 5.91 Å². The first kappa shape index (κ1) is 22.1. The maximum atomic E-state index is 13.6. The molecule has 1 aliphatic heterocycles. The molecule has 6 nitrogen and oxygen atoms in total. The highest BCUT2D eigenvalue weighted by atomic mass is 16.5. The van der Waals surface area contributed by atoms with Crippen molar-refractivity contribution in [3.8, 4) is 5.75 Å². The van der Waals surface area contributed by atoms with E-state index in [9.17, 15) is 4.79 Å². The summed E-state index contributed by atoms with van der Waals surface area (Å²) >= 11 is 0. The Morgan fingerprint density at radius 3 is 2.68 bits per heavy atom. The second kappa shape index (κ2) is 9.67. The third-order valence-electron chi connectivity index (χ3n) is 6.90.